The number of aromatic nitrogens is 1. The van der Waals surface area contributed by atoms with Crippen LogP contribution < -0.4 is 10.1 Å². The highest BCUT2D eigenvalue weighted by Crippen LogP contribution is 2.25. The van der Waals surface area contributed by atoms with Gasteiger partial charge in [0.2, 0.25) is 15.7 Å². The average Bonchev–Trinajstić information content (AvgIpc) is 2.73. The van der Waals surface area contributed by atoms with Crippen molar-refractivity contribution in [3.63, 3.8) is 0 Å². The molecule has 6 nitrogen and oxygen atoms in total. The molecule has 0 saturated carbocycles. The van der Waals surface area contributed by atoms with Crippen molar-refractivity contribution in [3.8, 4) is 5.75 Å². The van der Waals surface area contributed by atoms with Gasteiger partial charge in [0.25, 0.3) is 0 Å². The van der Waals surface area contributed by atoms with Crippen LogP contribution in [-0.4, -0.2) is 26.4 Å². The summed E-state index contributed by atoms with van der Waals surface area (Å²) in [5, 5.41) is 2.69. The van der Waals surface area contributed by atoms with Crippen LogP contribution in [-0.2, 0) is 14.6 Å². The summed E-state index contributed by atoms with van der Waals surface area (Å²) >= 11 is 0. The van der Waals surface area contributed by atoms with Gasteiger partial charge < -0.3 is 10.1 Å². The molecule has 7 heteroatoms. The topological polar surface area (TPSA) is 85.4 Å². The van der Waals surface area contributed by atoms with E-state index in [2.05, 4.69) is 10.3 Å². The lowest BCUT2D eigenvalue weighted by molar-refractivity contribution is -0.111. The quantitative estimate of drug-likeness (QED) is 0.646. The second-order valence-corrected chi connectivity index (χ2v) is 7.77. The van der Waals surface area contributed by atoms with Gasteiger partial charge >= 0.3 is 0 Å². The predicted octanol–water partition coefficient (Wildman–Crippen LogP) is 3.57. The first-order valence-electron chi connectivity index (χ1n) is 8.37. The maximum Gasteiger partial charge on any atom is 0.248 e. The van der Waals surface area contributed by atoms with Crippen molar-refractivity contribution in [2.24, 2.45) is 0 Å². The standard InChI is InChI=1S/C21H18N2O4S/c1-27-18-5-2-6-20(14-18)28(25,26)19-10-8-17(9-11-19)23-21(24)12-7-16-4-3-13-22-15-16/h2-15H,1H3,(H,23,24)/b12-7+. The fraction of sp³-hybridized carbons (Fsp3) is 0.0476. The largest absolute Gasteiger partial charge is 0.497 e. The van der Waals surface area contributed by atoms with E-state index < -0.39 is 9.84 Å². The minimum Gasteiger partial charge on any atom is -0.497 e. The van der Waals surface area contributed by atoms with E-state index in [4.69, 9.17) is 4.74 Å². The molecule has 0 spiro atoms. The highest BCUT2D eigenvalue weighted by molar-refractivity contribution is 7.91. The Kier molecular flexibility index (Phi) is 5.86. The molecule has 142 valence electrons. The number of pyridine rings is 1. The van der Waals surface area contributed by atoms with Gasteiger partial charge in [-0.1, -0.05) is 12.1 Å². The molecule has 0 atom stereocenters. The minimum atomic E-state index is -3.68. The van der Waals surface area contributed by atoms with E-state index in [-0.39, 0.29) is 15.7 Å². The van der Waals surface area contributed by atoms with Gasteiger partial charge in [-0.15, -0.1) is 0 Å². The van der Waals surface area contributed by atoms with Gasteiger partial charge in [-0.25, -0.2) is 8.42 Å². The molecule has 0 unspecified atom stereocenters. The molecule has 0 fully saturated rings. The third-order valence-corrected chi connectivity index (χ3v) is 5.66. The fourth-order valence-electron chi connectivity index (χ4n) is 2.45. The average molecular weight is 394 g/mol. The molecule has 1 heterocycles. The summed E-state index contributed by atoms with van der Waals surface area (Å²) in [7, 11) is -2.20. The summed E-state index contributed by atoms with van der Waals surface area (Å²) in [6.45, 7) is 0. The lowest BCUT2D eigenvalue weighted by Gasteiger charge is -2.08. The SMILES string of the molecule is COc1cccc(S(=O)(=O)c2ccc(NC(=O)/C=C/c3cccnc3)cc2)c1. The van der Waals surface area contributed by atoms with Crippen LogP contribution in [0.15, 0.2) is 88.9 Å². The first-order valence-corrected chi connectivity index (χ1v) is 9.86. The number of benzene rings is 2. The van der Waals surface area contributed by atoms with Crippen LogP contribution in [0.4, 0.5) is 5.69 Å². The zero-order chi connectivity index (χ0) is 20.0. The Morgan fingerprint density at radius 1 is 1.04 bits per heavy atom. The Bertz CT molecular complexity index is 1090. The number of rotatable bonds is 6. The second-order valence-electron chi connectivity index (χ2n) is 5.82. The van der Waals surface area contributed by atoms with Gasteiger partial charge in [0.1, 0.15) is 5.75 Å². The zero-order valence-corrected chi connectivity index (χ0v) is 15.9. The Morgan fingerprint density at radius 3 is 2.50 bits per heavy atom. The van der Waals surface area contributed by atoms with Gasteiger partial charge in [-0.2, -0.15) is 0 Å². The number of hydrogen-bond acceptors (Lipinski definition) is 5. The summed E-state index contributed by atoms with van der Waals surface area (Å²) in [5.74, 6) is 0.137. The molecule has 28 heavy (non-hydrogen) atoms. The molecule has 3 aromatic rings. The van der Waals surface area contributed by atoms with Gasteiger partial charge in [0.05, 0.1) is 16.9 Å². The van der Waals surface area contributed by atoms with Crippen molar-refractivity contribution in [1.29, 1.82) is 0 Å². The zero-order valence-electron chi connectivity index (χ0n) is 15.1. The molecule has 0 aliphatic heterocycles. The van der Waals surface area contributed by atoms with Gasteiger partial charge in [0, 0.05) is 24.2 Å². The number of ether oxygens (including phenoxy) is 1. The summed E-state index contributed by atoms with van der Waals surface area (Å²) in [5.41, 5.74) is 1.29. The number of methoxy groups -OCH3 is 1. The summed E-state index contributed by atoms with van der Waals surface area (Å²) in [4.78, 5) is 16.2. The van der Waals surface area contributed by atoms with Crippen LogP contribution in [0.3, 0.4) is 0 Å². The smallest absolute Gasteiger partial charge is 0.248 e. The first kappa shape index (κ1) is 19.3. The van der Waals surface area contributed by atoms with E-state index >= 15 is 0 Å². The second kappa shape index (κ2) is 8.49. The molecular formula is C21H18N2O4S. The van der Waals surface area contributed by atoms with Crippen molar-refractivity contribution < 1.29 is 17.9 Å². The first-order chi connectivity index (χ1) is 13.5. The summed E-state index contributed by atoms with van der Waals surface area (Å²) in [6, 6.07) is 15.9. The van der Waals surface area contributed by atoms with E-state index in [1.807, 2.05) is 6.07 Å². The minimum absolute atomic E-state index is 0.129. The molecule has 1 amide bonds. The monoisotopic (exact) mass is 394 g/mol. The van der Waals surface area contributed by atoms with Crippen molar-refractivity contribution in [3.05, 3.63) is 84.7 Å². The van der Waals surface area contributed by atoms with E-state index in [0.717, 1.165) is 5.56 Å². The lowest BCUT2D eigenvalue weighted by Crippen LogP contribution is -2.08. The highest BCUT2D eigenvalue weighted by atomic mass is 32.2. The number of nitrogens with zero attached hydrogens (tertiary/aromatic N) is 1. The Morgan fingerprint density at radius 2 is 1.82 bits per heavy atom. The number of hydrogen-bond donors (Lipinski definition) is 1. The van der Waals surface area contributed by atoms with Gasteiger partial charge in [0.15, 0.2) is 0 Å². The molecule has 1 aromatic heterocycles. The van der Waals surface area contributed by atoms with Crippen molar-refractivity contribution in [2.75, 3.05) is 12.4 Å². The maximum atomic E-state index is 12.7. The fourth-order valence-corrected chi connectivity index (χ4v) is 3.75. The van der Waals surface area contributed by atoms with E-state index in [9.17, 15) is 13.2 Å². The van der Waals surface area contributed by atoms with Crippen molar-refractivity contribution in [2.45, 2.75) is 9.79 Å². The van der Waals surface area contributed by atoms with E-state index in [1.54, 1.807) is 48.8 Å². The molecule has 0 aliphatic rings. The van der Waals surface area contributed by atoms with Gasteiger partial charge in [-0.05, 0) is 60.2 Å². The normalized spacial score (nSPS) is 11.3. The third-order valence-electron chi connectivity index (χ3n) is 3.90. The summed E-state index contributed by atoms with van der Waals surface area (Å²) < 4.78 is 30.6. The number of carbonyl (C=O) groups is 1. The third kappa shape index (κ3) is 4.63. The molecular weight excluding hydrogens is 376 g/mol. The van der Waals surface area contributed by atoms with Crippen LogP contribution in [0.25, 0.3) is 6.08 Å². The van der Waals surface area contributed by atoms with Crippen LogP contribution >= 0.6 is 0 Å². The Balaban J connectivity index is 1.72. The molecule has 1 N–H and O–H groups in total. The Hall–Kier alpha value is -3.45. The number of sulfone groups is 1. The van der Waals surface area contributed by atoms with E-state index in [1.165, 1.54) is 37.5 Å². The molecule has 3 rings (SSSR count). The highest BCUT2D eigenvalue weighted by Gasteiger charge is 2.18. The number of anilines is 1. The molecule has 0 aliphatic carbocycles. The Labute approximate surface area is 163 Å². The lowest BCUT2D eigenvalue weighted by atomic mass is 10.2. The molecule has 0 radical (unpaired) electrons. The number of nitrogens with one attached hydrogen (secondary N) is 1. The predicted molar refractivity (Wildman–Crippen MR) is 107 cm³/mol. The molecule has 2 aromatic carbocycles. The van der Waals surface area contributed by atoms with Crippen LogP contribution in [0, 0.1) is 0 Å². The number of amides is 1. The van der Waals surface area contributed by atoms with Crippen molar-refractivity contribution >= 4 is 27.5 Å². The summed E-state index contributed by atoms with van der Waals surface area (Å²) in [6.07, 6.45) is 6.32. The van der Waals surface area contributed by atoms with E-state index in [0.29, 0.717) is 11.4 Å². The van der Waals surface area contributed by atoms with Gasteiger partial charge in [-0.3, -0.25) is 9.78 Å². The van der Waals surface area contributed by atoms with Crippen LogP contribution in [0.1, 0.15) is 5.56 Å². The van der Waals surface area contributed by atoms with Crippen LogP contribution in [0.2, 0.25) is 0 Å². The maximum absolute atomic E-state index is 12.7. The van der Waals surface area contributed by atoms with Crippen LogP contribution in [0.5, 0.6) is 5.75 Å². The molecule has 0 bridgehead atoms. The molecule has 0 saturated heterocycles. The number of carbonyl (C=O) groups excluding carboxylic acids is 1. The van der Waals surface area contributed by atoms with Crippen molar-refractivity contribution in [1.82, 2.24) is 4.98 Å².